The van der Waals surface area contributed by atoms with Crippen LogP contribution in [0.4, 0.5) is 0 Å². The molecule has 6 nitrogen and oxygen atoms in total. The topological polar surface area (TPSA) is 68.7 Å². The van der Waals surface area contributed by atoms with Gasteiger partial charge in [0.05, 0.1) is 25.2 Å². The van der Waals surface area contributed by atoms with Crippen LogP contribution in [0.3, 0.4) is 0 Å². The molecule has 1 aromatic heterocycles. The lowest BCUT2D eigenvalue weighted by atomic mass is 10.2. The van der Waals surface area contributed by atoms with Gasteiger partial charge in [-0.05, 0) is 25.0 Å². The molecule has 1 aromatic rings. The van der Waals surface area contributed by atoms with Gasteiger partial charge in [-0.1, -0.05) is 11.6 Å². The summed E-state index contributed by atoms with van der Waals surface area (Å²) >= 11 is 5.74. The van der Waals surface area contributed by atoms with Crippen LogP contribution >= 0.6 is 11.6 Å². The first-order valence-corrected chi connectivity index (χ1v) is 7.57. The van der Waals surface area contributed by atoms with Crippen LogP contribution in [0.15, 0.2) is 18.3 Å². The quantitative estimate of drug-likeness (QED) is 0.590. The third-order valence-electron chi connectivity index (χ3n) is 3.52. The molecule has 1 fully saturated rings. The molecule has 7 heteroatoms. The Balaban J connectivity index is 2.05. The highest BCUT2D eigenvalue weighted by molar-refractivity contribution is 6.29. The largest absolute Gasteiger partial charge is 0.469 e. The van der Waals surface area contributed by atoms with Crippen molar-refractivity contribution in [1.29, 1.82) is 0 Å². The van der Waals surface area contributed by atoms with Crippen molar-refractivity contribution in [3.05, 3.63) is 29.0 Å². The van der Waals surface area contributed by atoms with Gasteiger partial charge in [0, 0.05) is 25.9 Å². The summed E-state index contributed by atoms with van der Waals surface area (Å²) < 4.78 is 10.2. The zero-order valence-electron chi connectivity index (χ0n) is 12.5. The van der Waals surface area contributed by atoms with Crippen LogP contribution in [0, 0.1) is 0 Å². The molecule has 1 aliphatic rings. The van der Waals surface area contributed by atoms with E-state index in [1.807, 2.05) is 0 Å². The van der Waals surface area contributed by atoms with E-state index in [4.69, 9.17) is 16.3 Å². The fourth-order valence-electron chi connectivity index (χ4n) is 2.32. The van der Waals surface area contributed by atoms with E-state index in [1.54, 1.807) is 17.0 Å². The maximum Gasteiger partial charge on any atom is 0.307 e. The minimum Gasteiger partial charge on any atom is -0.469 e. The van der Waals surface area contributed by atoms with Crippen LogP contribution in [0.5, 0.6) is 0 Å². The van der Waals surface area contributed by atoms with Gasteiger partial charge in [0.15, 0.2) is 0 Å². The van der Waals surface area contributed by atoms with Gasteiger partial charge >= 0.3 is 5.97 Å². The summed E-state index contributed by atoms with van der Waals surface area (Å²) in [7, 11) is 1.33. The predicted octanol–water partition coefficient (Wildman–Crippen LogP) is 1.92. The van der Waals surface area contributed by atoms with E-state index in [-0.39, 0.29) is 30.9 Å². The van der Waals surface area contributed by atoms with Gasteiger partial charge in [-0.15, -0.1) is 0 Å². The second-order valence-electron chi connectivity index (χ2n) is 5.08. The minimum absolute atomic E-state index is 0.0156. The number of methoxy groups -OCH3 is 1. The summed E-state index contributed by atoms with van der Waals surface area (Å²) in [6.45, 7) is 1.46. The maximum absolute atomic E-state index is 12.6. The van der Waals surface area contributed by atoms with Crippen molar-refractivity contribution in [1.82, 2.24) is 9.88 Å². The summed E-state index contributed by atoms with van der Waals surface area (Å²) in [5.41, 5.74) is 0.437. The first-order chi connectivity index (χ1) is 10.6. The summed E-state index contributed by atoms with van der Waals surface area (Å²) in [6, 6.07) is 3.19. The number of carbonyl (C=O) groups is 2. The molecular formula is C15H19ClN2O4. The Morgan fingerprint density at radius 1 is 1.50 bits per heavy atom. The average molecular weight is 327 g/mol. The zero-order chi connectivity index (χ0) is 15.9. The van der Waals surface area contributed by atoms with Gasteiger partial charge in [0.25, 0.3) is 5.91 Å². The van der Waals surface area contributed by atoms with E-state index < -0.39 is 0 Å². The smallest absolute Gasteiger partial charge is 0.307 e. The number of ether oxygens (including phenoxy) is 2. The van der Waals surface area contributed by atoms with Gasteiger partial charge in [0.1, 0.15) is 5.15 Å². The fourth-order valence-corrected chi connectivity index (χ4v) is 2.43. The van der Waals surface area contributed by atoms with E-state index >= 15 is 0 Å². The number of hydrogen-bond acceptors (Lipinski definition) is 5. The van der Waals surface area contributed by atoms with Crippen LogP contribution in [-0.4, -0.2) is 54.7 Å². The number of esters is 1. The van der Waals surface area contributed by atoms with Crippen LogP contribution in [0.2, 0.25) is 5.15 Å². The zero-order valence-corrected chi connectivity index (χ0v) is 13.2. The van der Waals surface area contributed by atoms with Gasteiger partial charge in [-0.25, -0.2) is 4.98 Å². The Kier molecular flexibility index (Phi) is 6.15. The molecule has 0 aromatic carbocycles. The van der Waals surface area contributed by atoms with E-state index in [9.17, 15) is 9.59 Å². The number of nitrogens with zero attached hydrogens (tertiary/aromatic N) is 2. The molecule has 1 saturated heterocycles. The van der Waals surface area contributed by atoms with Crippen LogP contribution in [0.1, 0.15) is 29.6 Å². The van der Waals surface area contributed by atoms with Crippen LogP contribution in [0.25, 0.3) is 0 Å². The van der Waals surface area contributed by atoms with Crippen molar-refractivity contribution >= 4 is 23.5 Å². The molecular weight excluding hydrogens is 308 g/mol. The minimum atomic E-state index is -0.348. The second-order valence-corrected chi connectivity index (χ2v) is 5.47. The van der Waals surface area contributed by atoms with Crippen molar-refractivity contribution in [2.45, 2.75) is 25.4 Å². The highest BCUT2D eigenvalue weighted by atomic mass is 35.5. The number of hydrogen-bond donors (Lipinski definition) is 0. The molecule has 0 radical (unpaired) electrons. The monoisotopic (exact) mass is 326 g/mol. The van der Waals surface area contributed by atoms with Crippen LogP contribution < -0.4 is 0 Å². The standard InChI is InChI=1S/C15H19ClN2O4/c1-21-14(19)6-7-18(10-12-3-2-8-22-12)15(20)11-4-5-13(16)17-9-11/h4-5,9,12H,2-3,6-8,10H2,1H3. The Hall–Kier alpha value is -1.66. The first-order valence-electron chi connectivity index (χ1n) is 7.19. The van der Waals surface area contributed by atoms with Gasteiger partial charge in [-0.2, -0.15) is 0 Å². The van der Waals surface area contributed by atoms with Crippen molar-refractivity contribution in [3.8, 4) is 0 Å². The lowest BCUT2D eigenvalue weighted by Gasteiger charge is -2.25. The molecule has 22 heavy (non-hydrogen) atoms. The molecule has 1 unspecified atom stereocenters. The average Bonchev–Trinajstić information content (AvgIpc) is 3.04. The van der Waals surface area contributed by atoms with E-state index in [0.29, 0.717) is 23.9 Å². The number of rotatable bonds is 6. The summed E-state index contributed by atoms with van der Waals surface area (Å²) in [5, 5.41) is 0.330. The molecule has 1 aliphatic heterocycles. The molecule has 0 aliphatic carbocycles. The summed E-state index contributed by atoms with van der Waals surface area (Å²) in [6.07, 6.45) is 3.51. The third kappa shape index (κ3) is 4.68. The first kappa shape index (κ1) is 16.7. The van der Waals surface area contributed by atoms with Gasteiger partial charge in [-0.3, -0.25) is 9.59 Å². The SMILES string of the molecule is COC(=O)CCN(CC1CCCO1)C(=O)c1ccc(Cl)nc1. The number of amides is 1. The number of halogens is 1. The molecule has 2 rings (SSSR count). The molecule has 120 valence electrons. The molecule has 2 heterocycles. The Labute approximate surface area is 134 Å². The Morgan fingerprint density at radius 3 is 2.91 bits per heavy atom. The van der Waals surface area contributed by atoms with Gasteiger partial charge < -0.3 is 14.4 Å². The lowest BCUT2D eigenvalue weighted by molar-refractivity contribution is -0.140. The Bertz CT molecular complexity index is 515. The van der Waals surface area contributed by atoms with Crippen molar-refractivity contribution in [2.24, 2.45) is 0 Å². The highest BCUT2D eigenvalue weighted by Crippen LogP contribution is 2.16. The van der Waals surface area contributed by atoms with E-state index in [0.717, 1.165) is 12.8 Å². The number of carbonyl (C=O) groups excluding carboxylic acids is 2. The van der Waals surface area contributed by atoms with Crippen molar-refractivity contribution in [2.75, 3.05) is 26.8 Å². The molecule has 0 spiro atoms. The van der Waals surface area contributed by atoms with E-state index in [2.05, 4.69) is 9.72 Å². The normalized spacial score (nSPS) is 17.3. The van der Waals surface area contributed by atoms with Gasteiger partial charge in [0.2, 0.25) is 0 Å². The second kappa shape index (κ2) is 8.10. The molecule has 1 atom stereocenters. The van der Waals surface area contributed by atoms with E-state index in [1.165, 1.54) is 13.3 Å². The maximum atomic E-state index is 12.6. The fraction of sp³-hybridized carbons (Fsp3) is 0.533. The predicted molar refractivity (Wildman–Crippen MR) is 80.8 cm³/mol. The lowest BCUT2D eigenvalue weighted by Crippen LogP contribution is -2.39. The number of pyridine rings is 1. The highest BCUT2D eigenvalue weighted by Gasteiger charge is 2.24. The van der Waals surface area contributed by atoms with Crippen molar-refractivity contribution in [3.63, 3.8) is 0 Å². The third-order valence-corrected chi connectivity index (χ3v) is 3.75. The van der Waals surface area contributed by atoms with Crippen molar-refractivity contribution < 1.29 is 19.1 Å². The Morgan fingerprint density at radius 2 is 2.32 bits per heavy atom. The molecule has 1 amide bonds. The molecule has 0 N–H and O–H groups in total. The molecule has 0 bridgehead atoms. The number of aromatic nitrogens is 1. The van der Waals surface area contributed by atoms with Crippen LogP contribution in [-0.2, 0) is 14.3 Å². The summed E-state index contributed by atoms with van der Waals surface area (Å²) in [5.74, 6) is -0.539. The summed E-state index contributed by atoms with van der Waals surface area (Å²) in [4.78, 5) is 29.4. The molecule has 0 saturated carbocycles.